The highest BCUT2D eigenvalue weighted by atomic mass is 16.5. The second kappa shape index (κ2) is 8.30. The van der Waals surface area contributed by atoms with Gasteiger partial charge in [-0.15, -0.1) is 0 Å². The summed E-state index contributed by atoms with van der Waals surface area (Å²) in [7, 11) is 0. The number of carbonyl (C=O) groups excluding carboxylic acids is 1. The Bertz CT molecular complexity index is 457. The third kappa shape index (κ3) is 5.43. The molecule has 0 saturated carbocycles. The molecule has 122 valence electrons. The summed E-state index contributed by atoms with van der Waals surface area (Å²) in [5, 5.41) is 12.7. The Morgan fingerprint density at radius 1 is 1.32 bits per heavy atom. The van der Waals surface area contributed by atoms with E-state index in [0.29, 0.717) is 18.9 Å². The average molecular weight is 305 g/mol. The van der Waals surface area contributed by atoms with Crippen molar-refractivity contribution in [1.82, 2.24) is 5.32 Å². The van der Waals surface area contributed by atoms with E-state index < -0.39 is 0 Å². The molecular formula is C18H27NO3. The molecular weight excluding hydrogens is 278 g/mol. The first-order chi connectivity index (χ1) is 10.6. The van der Waals surface area contributed by atoms with Gasteiger partial charge in [0.15, 0.2) is 0 Å². The Morgan fingerprint density at radius 3 is 2.64 bits per heavy atom. The number of nitrogens with one attached hydrogen (secondary N) is 1. The van der Waals surface area contributed by atoms with Crippen LogP contribution in [0.4, 0.5) is 0 Å². The van der Waals surface area contributed by atoms with Crippen molar-refractivity contribution in [3.63, 3.8) is 0 Å². The molecule has 1 fully saturated rings. The molecule has 0 aromatic heterocycles. The zero-order valence-electron chi connectivity index (χ0n) is 13.4. The van der Waals surface area contributed by atoms with Gasteiger partial charge < -0.3 is 15.2 Å². The highest BCUT2D eigenvalue weighted by Gasteiger charge is 2.25. The van der Waals surface area contributed by atoms with Crippen molar-refractivity contribution in [3.05, 3.63) is 35.9 Å². The fraction of sp³-hybridized carbons (Fsp3) is 0.611. The maximum absolute atomic E-state index is 12.1. The van der Waals surface area contributed by atoms with E-state index in [2.05, 4.69) is 17.4 Å². The summed E-state index contributed by atoms with van der Waals surface area (Å²) < 4.78 is 5.31. The summed E-state index contributed by atoms with van der Waals surface area (Å²) in [6.45, 7) is 4.09. The number of hydrogen-bond donors (Lipinski definition) is 2. The second-order valence-corrected chi connectivity index (χ2v) is 6.67. The molecule has 1 aromatic carbocycles. The van der Waals surface area contributed by atoms with Gasteiger partial charge in [0.25, 0.3) is 0 Å². The highest BCUT2D eigenvalue weighted by molar-refractivity contribution is 5.76. The van der Waals surface area contributed by atoms with E-state index in [9.17, 15) is 9.90 Å². The lowest BCUT2D eigenvalue weighted by Gasteiger charge is -2.28. The lowest BCUT2D eigenvalue weighted by molar-refractivity contribution is -0.123. The number of hydrogen-bond acceptors (Lipinski definition) is 3. The minimum atomic E-state index is -0.327. The van der Waals surface area contributed by atoms with E-state index in [1.54, 1.807) is 0 Å². The zero-order chi connectivity index (χ0) is 15.8. The minimum absolute atomic E-state index is 0.0550. The van der Waals surface area contributed by atoms with Gasteiger partial charge in [0.05, 0.1) is 6.61 Å². The molecule has 1 amide bonds. The molecule has 0 radical (unpaired) electrons. The molecule has 22 heavy (non-hydrogen) atoms. The van der Waals surface area contributed by atoms with Crippen LogP contribution >= 0.6 is 0 Å². The number of aliphatic hydroxyl groups excluding tert-OH is 1. The lowest BCUT2D eigenvalue weighted by Crippen LogP contribution is -2.40. The number of aliphatic hydroxyl groups is 1. The van der Waals surface area contributed by atoms with Crippen molar-refractivity contribution < 1.29 is 14.6 Å². The Morgan fingerprint density at radius 2 is 2.00 bits per heavy atom. The van der Waals surface area contributed by atoms with Crippen molar-refractivity contribution in [1.29, 1.82) is 0 Å². The molecule has 4 nitrogen and oxygen atoms in total. The molecule has 2 rings (SSSR count). The van der Waals surface area contributed by atoms with Crippen LogP contribution in [0.25, 0.3) is 0 Å². The van der Waals surface area contributed by atoms with E-state index in [4.69, 9.17) is 4.74 Å². The van der Waals surface area contributed by atoms with Crippen LogP contribution in [-0.2, 0) is 16.0 Å². The molecule has 0 bridgehead atoms. The van der Waals surface area contributed by atoms with Crippen LogP contribution in [0.15, 0.2) is 30.3 Å². The van der Waals surface area contributed by atoms with Crippen molar-refractivity contribution in [2.24, 2.45) is 11.3 Å². The van der Waals surface area contributed by atoms with Gasteiger partial charge in [0.1, 0.15) is 0 Å². The first kappa shape index (κ1) is 17.0. The number of amides is 1. The van der Waals surface area contributed by atoms with Crippen LogP contribution < -0.4 is 5.32 Å². The Labute approximate surface area is 132 Å². The third-order valence-electron chi connectivity index (χ3n) is 4.38. The van der Waals surface area contributed by atoms with Gasteiger partial charge in [0.2, 0.25) is 5.91 Å². The van der Waals surface area contributed by atoms with Crippen molar-refractivity contribution >= 4 is 5.91 Å². The molecule has 0 spiro atoms. The Hall–Kier alpha value is -1.39. The van der Waals surface area contributed by atoms with Gasteiger partial charge in [0, 0.05) is 31.6 Å². The molecule has 1 aliphatic rings. The standard InChI is InChI=1S/C18H27NO3/c1-18(14-20,12-16-5-3-2-4-6-16)13-19-17(21)11-15-7-9-22-10-8-15/h2-6,15,20H,7-14H2,1H3,(H,19,21)/t18-/m1/s1. The fourth-order valence-corrected chi connectivity index (χ4v) is 2.86. The second-order valence-electron chi connectivity index (χ2n) is 6.67. The molecule has 0 unspecified atom stereocenters. The summed E-state index contributed by atoms with van der Waals surface area (Å²) in [5.41, 5.74) is 0.852. The summed E-state index contributed by atoms with van der Waals surface area (Å²) >= 11 is 0. The summed E-state index contributed by atoms with van der Waals surface area (Å²) in [5.74, 6) is 0.517. The number of ether oxygens (including phenoxy) is 1. The summed E-state index contributed by atoms with van der Waals surface area (Å²) in [6, 6.07) is 10.1. The normalized spacial score (nSPS) is 18.6. The molecule has 1 heterocycles. The molecule has 1 aromatic rings. The monoisotopic (exact) mass is 305 g/mol. The van der Waals surface area contributed by atoms with Crippen LogP contribution in [-0.4, -0.2) is 37.4 Å². The van der Waals surface area contributed by atoms with E-state index in [1.807, 2.05) is 25.1 Å². The predicted octanol–water partition coefficient (Wildman–Crippen LogP) is 2.16. The number of benzene rings is 1. The van der Waals surface area contributed by atoms with Gasteiger partial charge in [-0.1, -0.05) is 37.3 Å². The number of carbonyl (C=O) groups is 1. The Balaban J connectivity index is 1.80. The quantitative estimate of drug-likeness (QED) is 0.811. The van der Waals surface area contributed by atoms with Crippen LogP contribution in [0.3, 0.4) is 0 Å². The van der Waals surface area contributed by atoms with Gasteiger partial charge in [-0.3, -0.25) is 4.79 Å². The average Bonchev–Trinajstić information content (AvgIpc) is 2.55. The molecule has 1 atom stereocenters. The maximum atomic E-state index is 12.1. The van der Waals surface area contributed by atoms with Crippen molar-refractivity contribution in [3.8, 4) is 0 Å². The first-order valence-corrected chi connectivity index (χ1v) is 8.10. The van der Waals surface area contributed by atoms with E-state index in [0.717, 1.165) is 32.5 Å². The van der Waals surface area contributed by atoms with Gasteiger partial charge >= 0.3 is 0 Å². The summed E-state index contributed by atoms with van der Waals surface area (Å²) in [4.78, 5) is 12.1. The van der Waals surface area contributed by atoms with Crippen molar-refractivity contribution in [2.75, 3.05) is 26.4 Å². The van der Waals surface area contributed by atoms with Crippen molar-refractivity contribution in [2.45, 2.75) is 32.6 Å². The SMILES string of the molecule is C[C@](CO)(CNC(=O)CC1CCOCC1)Cc1ccccc1. The Kier molecular flexibility index (Phi) is 6.40. The maximum Gasteiger partial charge on any atom is 0.220 e. The molecule has 0 aliphatic carbocycles. The molecule has 1 aliphatic heterocycles. The largest absolute Gasteiger partial charge is 0.396 e. The topological polar surface area (TPSA) is 58.6 Å². The summed E-state index contributed by atoms with van der Waals surface area (Å²) in [6.07, 6.45) is 3.25. The van der Waals surface area contributed by atoms with Crippen LogP contribution in [0.2, 0.25) is 0 Å². The molecule has 2 N–H and O–H groups in total. The first-order valence-electron chi connectivity index (χ1n) is 8.10. The van der Waals surface area contributed by atoms with Crippen LogP contribution in [0.1, 0.15) is 31.7 Å². The predicted molar refractivity (Wildman–Crippen MR) is 86.5 cm³/mol. The molecule has 4 heteroatoms. The fourth-order valence-electron chi connectivity index (χ4n) is 2.86. The minimum Gasteiger partial charge on any atom is -0.396 e. The van der Waals surface area contributed by atoms with E-state index >= 15 is 0 Å². The van der Waals surface area contributed by atoms with Crippen LogP contribution in [0.5, 0.6) is 0 Å². The van der Waals surface area contributed by atoms with Gasteiger partial charge in [-0.25, -0.2) is 0 Å². The highest BCUT2D eigenvalue weighted by Crippen LogP contribution is 2.22. The van der Waals surface area contributed by atoms with Crippen LogP contribution in [0, 0.1) is 11.3 Å². The zero-order valence-corrected chi connectivity index (χ0v) is 13.4. The molecule has 1 saturated heterocycles. The van der Waals surface area contributed by atoms with Gasteiger partial charge in [-0.05, 0) is 30.7 Å². The lowest BCUT2D eigenvalue weighted by atomic mass is 9.84. The van der Waals surface area contributed by atoms with Gasteiger partial charge in [-0.2, -0.15) is 0 Å². The van der Waals surface area contributed by atoms with E-state index in [-0.39, 0.29) is 17.9 Å². The third-order valence-corrected chi connectivity index (χ3v) is 4.38. The number of rotatable bonds is 7. The smallest absolute Gasteiger partial charge is 0.220 e. The van der Waals surface area contributed by atoms with E-state index in [1.165, 1.54) is 5.56 Å².